The number of fused-ring (bicyclic) bond motifs is 2. The Kier molecular flexibility index (Phi) is 5.93. The summed E-state index contributed by atoms with van der Waals surface area (Å²) in [6.07, 6.45) is 3.77. The van der Waals surface area contributed by atoms with Gasteiger partial charge in [0.15, 0.2) is 0 Å². The summed E-state index contributed by atoms with van der Waals surface area (Å²) in [7, 11) is 1.93. The molecule has 0 saturated heterocycles. The molecule has 2 N–H and O–H groups in total. The van der Waals surface area contributed by atoms with Gasteiger partial charge in [-0.2, -0.15) is 0 Å². The number of aromatic carboxylic acids is 2. The first kappa shape index (κ1) is 26.8. The van der Waals surface area contributed by atoms with Crippen molar-refractivity contribution in [3.63, 3.8) is 0 Å². The summed E-state index contributed by atoms with van der Waals surface area (Å²) in [5, 5.41) is 30.2. The van der Waals surface area contributed by atoms with Crippen LogP contribution in [-0.2, 0) is 5.41 Å². The van der Waals surface area contributed by atoms with Gasteiger partial charge in [0, 0.05) is 30.3 Å². The normalized spacial score (nSPS) is 17.8. The van der Waals surface area contributed by atoms with Crippen molar-refractivity contribution in [2.24, 2.45) is 0 Å². The minimum absolute atomic E-state index is 0.0283. The van der Waals surface area contributed by atoms with Crippen LogP contribution in [0.4, 0.5) is 11.4 Å². The highest BCUT2D eigenvalue weighted by Crippen LogP contribution is 2.59. The highest BCUT2D eigenvalue weighted by atomic mass is 16.6. The van der Waals surface area contributed by atoms with Crippen LogP contribution in [0.5, 0.6) is 5.75 Å². The van der Waals surface area contributed by atoms with E-state index in [1.165, 1.54) is 12.1 Å². The molecule has 2 heterocycles. The first-order valence-corrected chi connectivity index (χ1v) is 13.2. The zero-order valence-electron chi connectivity index (χ0n) is 23.0. The fourth-order valence-corrected chi connectivity index (χ4v) is 6.19. The molecular weight excluding hydrogens is 536 g/mol. The number of hydrogen-bond acceptors (Lipinski definition) is 6. The minimum atomic E-state index is -1.02. The molecule has 1 atom stereocenters. The zero-order chi connectivity index (χ0) is 30.0. The van der Waals surface area contributed by atoms with Crippen LogP contribution < -0.4 is 9.64 Å². The first-order valence-electron chi connectivity index (χ1n) is 13.2. The van der Waals surface area contributed by atoms with Crippen molar-refractivity contribution in [3.8, 4) is 28.0 Å². The summed E-state index contributed by atoms with van der Waals surface area (Å²) in [5.74, 6) is -1.51. The molecule has 0 aromatic heterocycles. The molecule has 2 aliphatic heterocycles. The van der Waals surface area contributed by atoms with Crippen molar-refractivity contribution in [3.05, 3.63) is 117 Å². The van der Waals surface area contributed by atoms with Gasteiger partial charge in [-0.05, 0) is 78.6 Å². The fourth-order valence-electron chi connectivity index (χ4n) is 6.19. The summed E-state index contributed by atoms with van der Waals surface area (Å²) in [5.41, 5.74) is 4.47. The van der Waals surface area contributed by atoms with Crippen molar-refractivity contribution in [1.29, 1.82) is 0 Å². The maximum atomic E-state index is 11.5. The molecule has 1 unspecified atom stereocenters. The van der Waals surface area contributed by atoms with E-state index in [-0.39, 0.29) is 16.8 Å². The molecule has 9 nitrogen and oxygen atoms in total. The van der Waals surface area contributed by atoms with Gasteiger partial charge in [-0.25, -0.2) is 9.59 Å². The number of non-ortho nitro benzene ring substituents is 1. The van der Waals surface area contributed by atoms with Crippen molar-refractivity contribution in [1.82, 2.24) is 0 Å². The number of ether oxygens (including phenoxy) is 1. The number of benzene rings is 4. The van der Waals surface area contributed by atoms with Crippen molar-refractivity contribution >= 4 is 29.4 Å². The molecule has 9 heteroatoms. The van der Waals surface area contributed by atoms with Crippen LogP contribution in [0.3, 0.4) is 0 Å². The van der Waals surface area contributed by atoms with Crippen LogP contribution in [-0.4, -0.2) is 39.8 Å². The number of likely N-dealkylation sites (N-methyl/N-ethyl adjacent to an activating group) is 1. The van der Waals surface area contributed by atoms with Crippen LogP contribution in [0.1, 0.15) is 45.7 Å². The van der Waals surface area contributed by atoms with Gasteiger partial charge in [-0.15, -0.1) is 0 Å². The summed E-state index contributed by atoms with van der Waals surface area (Å²) < 4.78 is 6.77. The van der Waals surface area contributed by atoms with Crippen molar-refractivity contribution < 1.29 is 29.5 Å². The lowest BCUT2D eigenvalue weighted by Crippen LogP contribution is -2.58. The Bertz CT molecular complexity index is 1820. The summed E-state index contributed by atoms with van der Waals surface area (Å²) in [4.78, 5) is 36.0. The molecule has 0 bridgehead atoms. The Morgan fingerprint density at radius 1 is 0.833 bits per heavy atom. The maximum Gasteiger partial charge on any atom is 0.335 e. The molecule has 6 rings (SSSR count). The Morgan fingerprint density at radius 2 is 1.38 bits per heavy atom. The molecular formula is C33H26N2O7. The first-order chi connectivity index (χ1) is 19.9. The molecule has 0 radical (unpaired) electrons. The highest BCUT2D eigenvalue weighted by Gasteiger charge is 2.59. The average molecular weight is 563 g/mol. The number of nitrogens with zero attached hydrogens (tertiary/aromatic N) is 2. The molecule has 42 heavy (non-hydrogen) atoms. The smallest absolute Gasteiger partial charge is 0.335 e. The van der Waals surface area contributed by atoms with E-state index in [1.807, 2.05) is 31.3 Å². The fraction of sp³-hybridized carbons (Fsp3) is 0.152. The topological polar surface area (TPSA) is 130 Å². The number of anilines is 1. The van der Waals surface area contributed by atoms with Crippen LogP contribution in [0.25, 0.3) is 28.3 Å². The molecule has 210 valence electrons. The highest BCUT2D eigenvalue weighted by molar-refractivity contribution is 5.94. The van der Waals surface area contributed by atoms with Crippen LogP contribution >= 0.6 is 0 Å². The van der Waals surface area contributed by atoms with Crippen molar-refractivity contribution in [2.75, 3.05) is 11.9 Å². The molecule has 4 aromatic rings. The minimum Gasteiger partial charge on any atom is -0.478 e. The van der Waals surface area contributed by atoms with E-state index < -0.39 is 28.0 Å². The number of nitro groups is 1. The number of hydrogen-bond donors (Lipinski definition) is 2. The van der Waals surface area contributed by atoms with Crippen molar-refractivity contribution in [2.45, 2.75) is 25.0 Å². The molecule has 0 saturated carbocycles. The van der Waals surface area contributed by atoms with Gasteiger partial charge >= 0.3 is 11.9 Å². The second-order valence-electron chi connectivity index (χ2n) is 10.9. The molecule has 0 fully saturated rings. The number of carboxylic acid groups (broad SMARTS) is 2. The summed E-state index contributed by atoms with van der Waals surface area (Å²) >= 11 is 0. The Balaban J connectivity index is 1.57. The Morgan fingerprint density at radius 3 is 1.93 bits per heavy atom. The molecule has 4 aromatic carbocycles. The SMILES string of the molecule is CN1c2c(-c3ccc(C(=O)O)cc3)ccc(-c3ccc(C(=O)O)cc3)c2C(C)(C)C12C=Cc1cc([N+](=O)[O-])ccc1O2. The van der Waals surface area contributed by atoms with Gasteiger partial charge in [0.2, 0.25) is 5.72 Å². The van der Waals surface area contributed by atoms with E-state index in [0.29, 0.717) is 11.3 Å². The van der Waals surface area contributed by atoms with E-state index in [9.17, 15) is 29.9 Å². The molecule has 0 aliphatic carbocycles. The number of carboxylic acids is 2. The summed E-state index contributed by atoms with van der Waals surface area (Å²) in [6, 6.07) is 21.9. The number of rotatable bonds is 5. The third-order valence-electron chi connectivity index (χ3n) is 8.38. The van der Waals surface area contributed by atoms with Crippen LogP contribution in [0.15, 0.2) is 84.9 Å². The van der Waals surface area contributed by atoms with Gasteiger partial charge < -0.3 is 19.8 Å². The largest absolute Gasteiger partial charge is 0.478 e. The standard InChI is InChI=1S/C33H26N2O7/c1-32(2)28-25(19-4-8-21(9-5-19)30(36)37)13-14-26(20-6-10-22(11-7-20)31(38)39)29(28)34(3)33(32)17-16-23-18-24(35(40)41)12-15-27(23)42-33/h4-18H,1-3H3,(H,36,37)(H,38,39). The number of carbonyl (C=O) groups is 2. The van der Waals surface area contributed by atoms with Gasteiger partial charge in [-0.1, -0.05) is 36.4 Å². The second kappa shape index (κ2) is 9.31. The molecule has 2 aliphatic rings. The van der Waals surface area contributed by atoms with E-state index >= 15 is 0 Å². The summed E-state index contributed by atoms with van der Waals surface area (Å²) in [6.45, 7) is 4.14. The van der Waals surface area contributed by atoms with Gasteiger partial charge in [-0.3, -0.25) is 10.1 Å². The van der Waals surface area contributed by atoms with Gasteiger partial charge in [0.05, 0.1) is 27.2 Å². The van der Waals surface area contributed by atoms with Crippen LogP contribution in [0, 0.1) is 10.1 Å². The second-order valence-corrected chi connectivity index (χ2v) is 10.9. The lowest BCUT2D eigenvalue weighted by Gasteiger charge is -2.46. The quantitative estimate of drug-likeness (QED) is 0.199. The zero-order valence-corrected chi connectivity index (χ0v) is 23.0. The Hall–Kier alpha value is -5.44. The average Bonchev–Trinajstić information content (AvgIpc) is 3.14. The third-order valence-corrected chi connectivity index (χ3v) is 8.38. The Labute approximate surface area is 241 Å². The lowest BCUT2D eigenvalue weighted by atomic mass is 9.73. The predicted octanol–water partition coefficient (Wildman–Crippen LogP) is 6.85. The van der Waals surface area contributed by atoms with Gasteiger partial charge in [0.1, 0.15) is 5.75 Å². The maximum absolute atomic E-state index is 11.5. The monoisotopic (exact) mass is 562 g/mol. The number of nitro benzene ring substituents is 1. The molecule has 0 amide bonds. The molecule has 1 spiro atoms. The third kappa shape index (κ3) is 3.85. The predicted molar refractivity (Wildman–Crippen MR) is 158 cm³/mol. The van der Waals surface area contributed by atoms with Gasteiger partial charge in [0.25, 0.3) is 5.69 Å². The lowest BCUT2D eigenvalue weighted by molar-refractivity contribution is -0.384. The van der Waals surface area contributed by atoms with E-state index in [0.717, 1.165) is 33.5 Å². The van der Waals surface area contributed by atoms with E-state index in [4.69, 9.17) is 4.74 Å². The van der Waals surface area contributed by atoms with Crippen LogP contribution in [0.2, 0.25) is 0 Å². The van der Waals surface area contributed by atoms with E-state index in [2.05, 4.69) is 18.7 Å². The van der Waals surface area contributed by atoms with E-state index in [1.54, 1.807) is 54.6 Å².